The zero-order valence-corrected chi connectivity index (χ0v) is 12.2. The Bertz CT molecular complexity index is 292. The third-order valence-corrected chi connectivity index (χ3v) is 3.92. The van der Waals surface area contributed by atoms with Gasteiger partial charge in [-0.1, -0.05) is 41.1 Å². The minimum atomic E-state index is 0.547. The van der Waals surface area contributed by atoms with Gasteiger partial charge in [0.1, 0.15) is 5.75 Å². The van der Waals surface area contributed by atoms with Crippen LogP contribution >= 0.6 is 15.9 Å². The minimum Gasteiger partial charge on any atom is -0.494 e. The maximum absolute atomic E-state index is 5.63. The van der Waals surface area contributed by atoms with Crippen LogP contribution in [0.1, 0.15) is 20.3 Å². The molecular formula is C14H22BrNO. The molecule has 0 radical (unpaired) electrons. The van der Waals surface area contributed by atoms with Gasteiger partial charge in [-0.05, 0) is 37.9 Å². The van der Waals surface area contributed by atoms with Crippen molar-refractivity contribution in [3.05, 3.63) is 30.3 Å². The average molecular weight is 300 g/mol. The van der Waals surface area contributed by atoms with Crippen molar-refractivity contribution in [2.24, 2.45) is 5.92 Å². The Morgan fingerprint density at radius 3 is 2.59 bits per heavy atom. The van der Waals surface area contributed by atoms with Gasteiger partial charge >= 0.3 is 0 Å². The molecule has 1 rings (SSSR count). The molecule has 2 unspecified atom stereocenters. The first-order valence-electron chi connectivity index (χ1n) is 6.21. The molecule has 1 N–H and O–H groups in total. The van der Waals surface area contributed by atoms with Crippen molar-refractivity contribution in [2.75, 3.05) is 18.5 Å². The summed E-state index contributed by atoms with van der Waals surface area (Å²) < 4.78 is 5.63. The fraction of sp³-hybridized carbons (Fsp3) is 0.571. The van der Waals surface area contributed by atoms with Gasteiger partial charge in [0.25, 0.3) is 0 Å². The monoisotopic (exact) mass is 299 g/mol. The van der Waals surface area contributed by atoms with Crippen molar-refractivity contribution in [3.63, 3.8) is 0 Å². The van der Waals surface area contributed by atoms with Crippen LogP contribution in [-0.2, 0) is 0 Å². The van der Waals surface area contributed by atoms with Gasteiger partial charge in [0.05, 0.1) is 6.61 Å². The number of alkyl halides is 1. The molecule has 3 heteroatoms. The van der Waals surface area contributed by atoms with Crippen molar-refractivity contribution in [1.82, 2.24) is 5.32 Å². The fourth-order valence-electron chi connectivity index (χ4n) is 1.44. The number of hydrogen-bond acceptors (Lipinski definition) is 2. The van der Waals surface area contributed by atoms with Gasteiger partial charge in [-0.3, -0.25) is 0 Å². The van der Waals surface area contributed by atoms with Crippen LogP contribution < -0.4 is 10.1 Å². The maximum Gasteiger partial charge on any atom is 0.119 e. The Kier molecular flexibility index (Phi) is 7.29. The second-order valence-corrected chi connectivity index (χ2v) is 5.04. The largest absolute Gasteiger partial charge is 0.494 e. The lowest BCUT2D eigenvalue weighted by Gasteiger charge is -2.19. The second-order valence-electron chi connectivity index (χ2n) is 4.39. The smallest absolute Gasteiger partial charge is 0.119 e. The van der Waals surface area contributed by atoms with Crippen molar-refractivity contribution < 1.29 is 4.74 Å². The van der Waals surface area contributed by atoms with Crippen LogP contribution in [0.25, 0.3) is 0 Å². The molecule has 0 saturated heterocycles. The molecule has 1 aromatic carbocycles. The lowest BCUT2D eigenvalue weighted by Crippen LogP contribution is -2.34. The average Bonchev–Trinajstić information content (AvgIpc) is 2.38. The van der Waals surface area contributed by atoms with E-state index in [0.29, 0.717) is 12.0 Å². The van der Waals surface area contributed by atoms with Crippen LogP contribution in [0.2, 0.25) is 0 Å². The minimum absolute atomic E-state index is 0.547. The van der Waals surface area contributed by atoms with Crippen molar-refractivity contribution in [3.8, 4) is 5.75 Å². The summed E-state index contributed by atoms with van der Waals surface area (Å²) in [5.41, 5.74) is 0. The summed E-state index contributed by atoms with van der Waals surface area (Å²) in [5, 5.41) is 4.55. The van der Waals surface area contributed by atoms with Crippen molar-refractivity contribution >= 4 is 15.9 Å². The van der Waals surface area contributed by atoms with E-state index in [1.165, 1.54) is 0 Å². The lowest BCUT2D eigenvalue weighted by atomic mass is 10.1. The van der Waals surface area contributed by atoms with Crippen LogP contribution in [0, 0.1) is 5.92 Å². The summed E-state index contributed by atoms with van der Waals surface area (Å²) in [6, 6.07) is 10.5. The van der Waals surface area contributed by atoms with Crippen LogP contribution in [-0.4, -0.2) is 24.5 Å². The Morgan fingerprint density at radius 1 is 1.24 bits per heavy atom. The Labute approximate surface area is 113 Å². The van der Waals surface area contributed by atoms with Crippen molar-refractivity contribution in [2.45, 2.75) is 26.3 Å². The van der Waals surface area contributed by atoms with E-state index < -0.39 is 0 Å². The van der Waals surface area contributed by atoms with E-state index in [0.717, 1.165) is 30.7 Å². The number of hydrogen-bond donors (Lipinski definition) is 1. The number of para-hydroxylation sites is 1. The molecule has 0 fully saturated rings. The summed E-state index contributed by atoms with van der Waals surface area (Å²) in [6.07, 6.45) is 1.04. The van der Waals surface area contributed by atoms with Crippen LogP contribution in [0.5, 0.6) is 5.75 Å². The molecule has 0 saturated carbocycles. The third-order valence-electron chi connectivity index (χ3n) is 2.90. The first-order valence-corrected chi connectivity index (χ1v) is 7.33. The Balaban J connectivity index is 2.05. The summed E-state index contributed by atoms with van der Waals surface area (Å²) in [6.45, 7) is 6.24. The van der Waals surface area contributed by atoms with Gasteiger partial charge in [-0.15, -0.1) is 0 Å². The fourth-order valence-corrected chi connectivity index (χ4v) is 2.00. The van der Waals surface area contributed by atoms with Gasteiger partial charge in [-0.25, -0.2) is 0 Å². The SMILES string of the molecule is CC(CBr)C(C)NCCCOc1ccccc1. The molecule has 0 aliphatic rings. The summed E-state index contributed by atoms with van der Waals surface area (Å²) in [7, 11) is 0. The first-order chi connectivity index (χ1) is 8.24. The van der Waals surface area contributed by atoms with Gasteiger partial charge < -0.3 is 10.1 Å². The first kappa shape index (κ1) is 14.5. The summed E-state index contributed by atoms with van der Waals surface area (Å²) >= 11 is 3.50. The highest BCUT2D eigenvalue weighted by Gasteiger charge is 2.08. The molecule has 96 valence electrons. The molecule has 0 amide bonds. The number of nitrogens with one attached hydrogen (secondary N) is 1. The van der Waals surface area contributed by atoms with E-state index >= 15 is 0 Å². The van der Waals surface area contributed by atoms with E-state index in [2.05, 4.69) is 35.1 Å². The highest BCUT2D eigenvalue weighted by atomic mass is 79.9. The summed E-state index contributed by atoms with van der Waals surface area (Å²) in [4.78, 5) is 0. The van der Waals surface area contributed by atoms with E-state index in [-0.39, 0.29) is 0 Å². The zero-order chi connectivity index (χ0) is 12.5. The standard InChI is InChI=1S/C14H22BrNO/c1-12(11-15)13(2)16-9-6-10-17-14-7-4-3-5-8-14/h3-5,7-8,12-13,16H,6,9-11H2,1-2H3. The normalized spacial score (nSPS) is 14.3. The number of halogens is 1. The van der Waals surface area contributed by atoms with Crippen LogP contribution in [0.15, 0.2) is 30.3 Å². The van der Waals surface area contributed by atoms with E-state index in [9.17, 15) is 0 Å². The quantitative estimate of drug-likeness (QED) is 0.586. The van der Waals surface area contributed by atoms with Crippen LogP contribution in [0.4, 0.5) is 0 Å². The van der Waals surface area contributed by atoms with Crippen LogP contribution in [0.3, 0.4) is 0 Å². The van der Waals surface area contributed by atoms with E-state index in [4.69, 9.17) is 4.74 Å². The van der Waals surface area contributed by atoms with E-state index in [1.807, 2.05) is 30.3 Å². The van der Waals surface area contributed by atoms with Crippen molar-refractivity contribution in [1.29, 1.82) is 0 Å². The number of benzene rings is 1. The predicted molar refractivity (Wildman–Crippen MR) is 77.0 cm³/mol. The Hall–Kier alpha value is -0.540. The molecule has 0 aliphatic heterocycles. The number of rotatable bonds is 8. The second kappa shape index (κ2) is 8.54. The molecule has 0 aliphatic carbocycles. The zero-order valence-electron chi connectivity index (χ0n) is 10.7. The molecule has 0 bridgehead atoms. The molecule has 1 aromatic rings. The third kappa shape index (κ3) is 6.08. The molecular weight excluding hydrogens is 278 g/mol. The summed E-state index contributed by atoms with van der Waals surface area (Å²) in [5.74, 6) is 1.61. The molecule has 2 atom stereocenters. The predicted octanol–water partition coefficient (Wildman–Crippen LogP) is 3.46. The maximum atomic E-state index is 5.63. The highest BCUT2D eigenvalue weighted by molar-refractivity contribution is 9.09. The van der Waals surface area contributed by atoms with E-state index in [1.54, 1.807) is 0 Å². The lowest BCUT2D eigenvalue weighted by molar-refractivity contribution is 0.301. The topological polar surface area (TPSA) is 21.3 Å². The van der Waals surface area contributed by atoms with Gasteiger partial charge in [-0.2, -0.15) is 0 Å². The van der Waals surface area contributed by atoms with Gasteiger partial charge in [0.15, 0.2) is 0 Å². The molecule has 17 heavy (non-hydrogen) atoms. The molecule has 0 heterocycles. The highest BCUT2D eigenvalue weighted by Crippen LogP contribution is 2.08. The molecule has 0 spiro atoms. The number of ether oxygens (including phenoxy) is 1. The molecule has 0 aromatic heterocycles. The molecule has 2 nitrogen and oxygen atoms in total. The Morgan fingerprint density at radius 2 is 1.94 bits per heavy atom. The van der Waals surface area contributed by atoms with Gasteiger partial charge in [0, 0.05) is 11.4 Å². The van der Waals surface area contributed by atoms with Gasteiger partial charge in [0.2, 0.25) is 0 Å².